The number of nitrogens with zero attached hydrogens (tertiary/aromatic N) is 3. The highest BCUT2D eigenvalue weighted by atomic mass is 32.2. The topological polar surface area (TPSA) is 95.3 Å². The second kappa shape index (κ2) is 12.1. The van der Waals surface area contributed by atoms with E-state index in [0.717, 1.165) is 36.5 Å². The van der Waals surface area contributed by atoms with Crippen molar-refractivity contribution in [2.45, 2.75) is 38.4 Å². The first-order valence-corrected chi connectivity index (χ1v) is 11.8. The van der Waals surface area contributed by atoms with Crippen molar-refractivity contribution in [1.29, 1.82) is 0 Å². The van der Waals surface area contributed by atoms with Crippen LogP contribution in [0.5, 0.6) is 5.75 Å². The molecule has 0 atom stereocenters. The van der Waals surface area contributed by atoms with E-state index in [0.29, 0.717) is 16.4 Å². The van der Waals surface area contributed by atoms with Crippen LogP contribution in [0.25, 0.3) is 11.4 Å². The number of esters is 1. The Labute approximate surface area is 197 Å². The molecule has 0 unspecified atom stereocenters. The second-order valence-corrected chi connectivity index (χ2v) is 8.09. The van der Waals surface area contributed by atoms with Crippen LogP contribution in [0.1, 0.15) is 37.0 Å². The molecule has 8 nitrogen and oxygen atoms in total. The van der Waals surface area contributed by atoms with Crippen LogP contribution in [0, 0.1) is 0 Å². The highest BCUT2D eigenvalue weighted by Gasteiger charge is 2.17. The number of carbonyl (C=O) groups excluding carboxylic acids is 2. The number of amides is 1. The van der Waals surface area contributed by atoms with Crippen molar-refractivity contribution < 1.29 is 19.1 Å². The van der Waals surface area contributed by atoms with Gasteiger partial charge in [-0.15, -0.1) is 10.2 Å². The van der Waals surface area contributed by atoms with E-state index in [4.69, 9.17) is 9.47 Å². The molecule has 1 N–H and O–H groups in total. The summed E-state index contributed by atoms with van der Waals surface area (Å²) in [6, 6.07) is 14.5. The monoisotopic (exact) mass is 468 g/mol. The fourth-order valence-electron chi connectivity index (χ4n) is 3.16. The zero-order chi connectivity index (χ0) is 23.6. The Hall–Kier alpha value is -3.33. The Morgan fingerprint density at radius 3 is 2.52 bits per heavy atom. The van der Waals surface area contributed by atoms with E-state index in [1.807, 2.05) is 28.8 Å². The molecule has 0 aliphatic rings. The molecule has 1 amide bonds. The molecule has 174 valence electrons. The van der Waals surface area contributed by atoms with E-state index in [9.17, 15) is 9.59 Å². The number of methoxy groups -OCH3 is 1. The number of unbranched alkanes of at least 4 members (excludes halogenated alkanes) is 1. The first-order chi connectivity index (χ1) is 16.1. The van der Waals surface area contributed by atoms with Gasteiger partial charge in [-0.3, -0.25) is 4.79 Å². The molecule has 0 radical (unpaired) electrons. The van der Waals surface area contributed by atoms with Crippen LogP contribution < -0.4 is 10.1 Å². The van der Waals surface area contributed by atoms with Crippen LogP contribution in [0.3, 0.4) is 0 Å². The Morgan fingerprint density at radius 2 is 1.82 bits per heavy atom. The van der Waals surface area contributed by atoms with Crippen molar-refractivity contribution in [2.75, 3.05) is 24.8 Å². The summed E-state index contributed by atoms with van der Waals surface area (Å²) >= 11 is 1.31. The first kappa shape index (κ1) is 24.3. The average molecular weight is 469 g/mol. The van der Waals surface area contributed by atoms with Gasteiger partial charge in [-0.25, -0.2) is 4.79 Å². The molecular weight excluding hydrogens is 440 g/mol. The van der Waals surface area contributed by atoms with E-state index in [2.05, 4.69) is 22.4 Å². The Balaban J connectivity index is 1.72. The predicted octanol–water partition coefficient (Wildman–Crippen LogP) is 4.66. The third-order valence-electron chi connectivity index (χ3n) is 4.83. The highest BCUT2D eigenvalue weighted by Crippen LogP contribution is 2.26. The summed E-state index contributed by atoms with van der Waals surface area (Å²) in [6.45, 7) is 4.88. The molecule has 0 aliphatic heterocycles. The number of ether oxygens (including phenoxy) is 2. The van der Waals surface area contributed by atoms with Crippen LogP contribution in [-0.4, -0.2) is 46.1 Å². The number of para-hydroxylation sites is 1. The number of anilines is 1. The molecule has 1 aromatic heterocycles. The highest BCUT2D eigenvalue weighted by molar-refractivity contribution is 7.99. The maximum Gasteiger partial charge on any atom is 0.340 e. The summed E-state index contributed by atoms with van der Waals surface area (Å²) in [5.41, 5.74) is 1.68. The minimum atomic E-state index is -0.468. The summed E-state index contributed by atoms with van der Waals surface area (Å²) in [4.78, 5) is 24.8. The van der Waals surface area contributed by atoms with E-state index in [1.54, 1.807) is 38.3 Å². The summed E-state index contributed by atoms with van der Waals surface area (Å²) < 4.78 is 12.3. The van der Waals surface area contributed by atoms with Crippen molar-refractivity contribution in [3.63, 3.8) is 0 Å². The van der Waals surface area contributed by atoms with Gasteiger partial charge in [0.1, 0.15) is 5.75 Å². The molecule has 0 bridgehead atoms. The number of hydrogen-bond donors (Lipinski definition) is 1. The molecule has 0 saturated carbocycles. The number of thioether (sulfide) groups is 1. The van der Waals surface area contributed by atoms with Crippen LogP contribution >= 0.6 is 11.8 Å². The SMILES string of the molecule is CCCCn1c(SCC(=O)Nc2ccccc2C(=O)OCC)nnc1-c1ccc(OC)cc1. The molecule has 33 heavy (non-hydrogen) atoms. The quantitative estimate of drug-likeness (QED) is 0.323. The maximum absolute atomic E-state index is 12.6. The molecule has 3 rings (SSSR count). The van der Waals surface area contributed by atoms with Gasteiger partial charge in [0, 0.05) is 12.1 Å². The first-order valence-electron chi connectivity index (χ1n) is 10.8. The molecule has 0 spiro atoms. The molecule has 0 fully saturated rings. The van der Waals surface area contributed by atoms with Gasteiger partial charge < -0.3 is 19.4 Å². The third-order valence-corrected chi connectivity index (χ3v) is 5.80. The number of rotatable bonds is 11. The summed E-state index contributed by atoms with van der Waals surface area (Å²) in [5, 5.41) is 12.2. The molecule has 3 aromatic rings. The van der Waals surface area contributed by atoms with Gasteiger partial charge in [0.25, 0.3) is 0 Å². The summed E-state index contributed by atoms with van der Waals surface area (Å²) in [7, 11) is 1.63. The lowest BCUT2D eigenvalue weighted by atomic mass is 10.2. The van der Waals surface area contributed by atoms with E-state index < -0.39 is 5.97 Å². The van der Waals surface area contributed by atoms with Crippen molar-refractivity contribution in [2.24, 2.45) is 0 Å². The van der Waals surface area contributed by atoms with Crippen LogP contribution in [0.4, 0.5) is 5.69 Å². The summed E-state index contributed by atoms with van der Waals surface area (Å²) in [5.74, 6) is 0.941. The lowest BCUT2D eigenvalue weighted by Gasteiger charge is -2.11. The van der Waals surface area contributed by atoms with E-state index in [1.165, 1.54) is 11.8 Å². The number of carbonyl (C=O) groups is 2. The zero-order valence-electron chi connectivity index (χ0n) is 19.0. The fraction of sp³-hybridized carbons (Fsp3) is 0.333. The molecule has 0 aliphatic carbocycles. The molecule has 9 heteroatoms. The van der Waals surface area contributed by atoms with Crippen LogP contribution in [0.2, 0.25) is 0 Å². The van der Waals surface area contributed by atoms with E-state index >= 15 is 0 Å². The Morgan fingerprint density at radius 1 is 1.06 bits per heavy atom. The van der Waals surface area contributed by atoms with Gasteiger partial charge >= 0.3 is 5.97 Å². The molecular formula is C24H28N4O4S. The number of benzene rings is 2. The number of nitrogens with one attached hydrogen (secondary N) is 1. The number of aromatic nitrogens is 3. The number of hydrogen-bond acceptors (Lipinski definition) is 7. The minimum Gasteiger partial charge on any atom is -0.497 e. The maximum atomic E-state index is 12.6. The van der Waals surface area contributed by atoms with Crippen molar-refractivity contribution in [3.8, 4) is 17.1 Å². The van der Waals surface area contributed by atoms with Gasteiger partial charge in [-0.2, -0.15) is 0 Å². The van der Waals surface area contributed by atoms with Gasteiger partial charge in [0.05, 0.1) is 30.7 Å². The minimum absolute atomic E-state index is 0.129. The standard InChI is InChI=1S/C24H28N4O4S/c1-4-6-15-28-22(17-11-13-18(31-3)14-12-17)26-27-24(28)33-16-21(29)25-20-10-8-7-9-19(20)23(30)32-5-2/h7-14H,4-6,15-16H2,1-3H3,(H,25,29). The van der Waals surface area contributed by atoms with Crippen molar-refractivity contribution in [1.82, 2.24) is 14.8 Å². The van der Waals surface area contributed by atoms with Crippen LogP contribution in [0.15, 0.2) is 53.7 Å². The van der Waals surface area contributed by atoms with Crippen molar-refractivity contribution in [3.05, 3.63) is 54.1 Å². The van der Waals surface area contributed by atoms with Gasteiger partial charge in [0.15, 0.2) is 11.0 Å². The largest absolute Gasteiger partial charge is 0.497 e. The van der Waals surface area contributed by atoms with Gasteiger partial charge in [-0.1, -0.05) is 37.2 Å². The lowest BCUT2D eigenvalue weighted by molar-refractivity contribution is -0.113. The molecule has 1 heterocycles. The second-order valence-electron chi connectivity index (χ2n) is 7.14. The van der Waals surface area contributed by atoms with Crippen molar-refractivity contribution >= 4 is 29.3 Å². The van der Waals surface area contributed by atoms with Crippen LogP contribution in [-0.2, 0) is 16.1 Å². The predicted molar refractivity (Wildman–Crippen MR) is 129 cm³/mol. The van der Waals surface area contributed by atoms with E-state index in [-0.39, 0.29) is 18.3 Å². The fourth-order valence-corrected chi connectivity index (χ4v) is 3.93. The third kappa shape index (κ3) is 6.35. The normalized spacial score (nSPS) is 10.6. The average Bonchev–Trinajstić information content (AvgIpc) is 3.24. The Kier molecular flexibility index (Phi) is 8.88. The smallest absolute Gasteiger partial charge is 0.340 e. The summed E-state index contributed by atoms with van der Waals surface area (Å²) in [6.07, 6.45) is 1.99. The molecule has 2 aromatic carbocycles. The zero-order valence-corrected chi connectivity index (χ0v) is 19.9. The van der Waals surface area contributed by atoms with Gasteiger partial charge in [0.2, 0.25) is 5.91 Å². The Bertz CT molecular complexity index is 1080. The van der Waals surface area contributed by atoms with Gasteiger partial charge in [-0.05, 0) is 49.7 Å². The lowest BCUT2D eigenvalue weighted by Crippen LogP contribution is -2.17. The molecule has 0 saturated heterocycles.